The quantitative estimate of drug-likeness (QED) is 0.847. The molecule has 3 heteroatoms. The first kappa shape index (κ1) is 12.1. The van der Waals surface area contributed by atoms with E-state index in [-0.39, 0.29) is 0 Å². The van der Waals surface area contributed by atoms with E-state index in [0.29, 0.717) is 0 Å². The van der Waals surface area contributed by atoms with Gasteiger partial charge in [-0.25, -0.2) is 0 Å². The van der Waals surface area contributed by atoms with Crippen LogP contribution >= 0.6 is 11.3 Å². The van der Waals surface area contributed by atoms with Gasteiger partial charge in [0.25, 0.3) is 0 Å². The second-order valence-corrected chi connectivity index (χ2v) is 4.85. The van der Waals surface area contributed by atoms with Crippen LogP contribution in [0.4, 0.5) is 0 Å². The maximum Gasteiger partial charge on any atom is 0.123 e. The minimum Gasteiger partial charge on any atom is -0.493 e. The average Bonchev–Trinajstić information content (AvgIpc) is 2.85. The number of para-hydroxylation sites is 1. The normalized spacial score (nSPS) is 10.4. The molecular formula is C14H17NOS. The molecule has 0 radical (unpaired) electrons. The van der Waals surface area contributed by atoms with E-state index in [9.17, 15) is 0 Å². The molecule has 1 heterocycles. The molecule has 0 aliphatic heterocycles. The van der Waals surface area contributed by atoms with Crippen LogP contribution in [0.2, 0.25) is 0 Å². The third kappa shape index (κ3) is 3.58. The molecule has 2 nitrogen and oxygen atoms in total. The summed E-state index contributed by atoms with van der Waals surface area (Å²) in [6.07, 6.45) is 0.978. The molecule has 2 aromatic rings. The van der Waals surface area contributed by atoms with Crippen LogP contribution in [0.1, 0.15) is 10.4 Å². The number of hydrogen-bond donors (Lipinski definition) is 1. The molecule has 0 fully saturated rings. The van der Waals surface area contributed by atoms with E-state index in [2.05, 4.69) is 28.9 Å². The van der Waals surface area contributed by atoms with Gasteiger partial charge in [0.2, 0.25) is 0 Å². The average molecular weight is 247 g/mol. The van der Waals surface area contributed by atoms with E-state index in [1.165, 1.54) is 10.4 Å². The Bertz CT molecular complexity index is 439. The summed E-state index contributed by atoms with van der Waals surface area (Å²) in [5.41, 5.74) is 1.21. The Balaban J connectivity index is 1.89. The van der Waals surface area contributed by atoms with E-state index in [4.69, 9.17) is 4.74 Å². The van der Waals surface area contributed by atoms with Crippen molar-refractivity contribution < 1.29 is 4.74 Å². The third-order valence-corrected chi connectivity index (χ3v) is 3.46. The van der Waals surface area contributed by atoms with E-state index >= 15 is 0 Å². The van der Waals surface area contributed by atoms with Gasteiger partial charge in [0.15, 0.2) is 0 Å². The standard InChI is InChI=1S/C14H17NOS/c1-15-11-12-5-2-3-7-14(12)16-9-8-13-6-4-10-17-13/h2-7,10,15H,8-9,11H2,1H3. The predicted octanol–water partition coefficient (Wildman–Crippen LogP) is 3.09. The molecule has 17 heavy (non-hydrogen) atoms. The van der Waals surface area contributed by atoms with Gasteiger partial charge in [0.1, 0.15) is 5.75 Å². The fraction of sp³-hybridized carbons (Fsp3) is 0.286. The van der Waals surface area contributed by atoms with Crippen molar-refractivity contribution in [2.24, 2.45) is 0 Å². The van der Waals surface area contributed by atoms with Gasteiger partial charge < -0.3 is 10.1 Å². The van der Waals surface area contributed by atoms with Crippen molar-refractivity contribution in [3.63, 3.8) is 0 Å². The Morgan fingerprint density at radius 1 is 1.18 bits per heavy atom. The smallest absolute Gasteiger partial charge is 0.123 e. The molecule has 0 spiro atoms. The van der Waals surface area contributed by atoms with E-state index in [1.807, 2.05) is 25.2 Å². The molecule has 0 unspecified atom stereocenters. The molecule has 0 amide bonds. The summed E-state index contributed by atoms with van der Waals surface area (Å²) in [7, 11) is 1.95. The molecule has 0 aliphatic carbocycles. The van der Waals surface area contributed by atoms with Gasteiger partial charge in [-0.15, -0.1) is 11.3 Å². The summed E-state index contributed by atoms with van der Waals surface area (Å²) in [5.74, 6) is 0.985. The Morgan fingerprint density at radius 2 is 2.06 bits per heavy atom. The Kier molecular flexibility index (Phi) is 4.59. The highest BCUT2D eigenvalue weighted by atomic mass is 32.1. The molecule has 1 aromatic carbocycles. The molecule has 0 saturated carbocycles. The van der Waals surface area contributed by atoms with Crippen LogP contribution in [0.3, 0.4) is 0 Å². The summed E-state index contributed by atoms with van der Waals surface area (Å²) in [6, 6.07) is 12.4. The van der Waals surface area contributed by atoms with Gasteiger partial charge in [0.05, 0.1) is 6.61 Å². The number of benzene rings is 1. The minimum absolute atomic E-state index is 0.737. The zero-order valence-corrected chi connectivity index (χ0v) is 10.8. The Morgan fingerprint density at radius 3 is 2.82 bits per heavy atom. The fourth-order valence-corrected chi connectivity index (χ4v) is 2.39. The summed E-state index contributed by atoms with van der Waals surface area (Å²) in [4.78, 5) is 1.37. The Labute approximate surface area is 106 Å². The van der Waals surface area contributed by atoms with Crippen molar-refractivity contribution in [3.05, 3.63) is 52.2 Å². The summed E-state index contributed by atoms with van der Waals surface area (Å²) >= 11 is 1.78. The number of rotatable bonds is 6. The van der Waals surface area contributed by atoms with Crippen molar-refractivity contribution in [1.29, 1.82) is 0 Å². The van der Waals surface area contributed by atoms with Crippen molar-refractivity contribution in [3.8, 4) is 5.75 Å². The molecule has 0 atom stereocenters. The van der Waals surface area contributed by atoms with E-state index in [1.54, 1.807) is 11.3 Å². The first-order valence-electron chi connectivity index (χ1n) is 5.78. The highest BCUT2D eigenvalue weighted by Crippen LogP contribution is 2.18. The van der Waals surface area contributed by atoms with Crippen molar-refractivity contribution in [2.45, 2.75) is 13.0 Å². The topological polar surface area (TPSA) is 21.3 Å². The third-order valence-electron chi connectivity index (χ3n) is 2.53. The maximum atomic E-state index is 5.83. The van der Waals surface area contributed by atoms with Gasteiger partial charge in [-0.1, -0.05) is 24.3 Å². The van der Waals surface area contributed by atoms with Crippen LogP contribution in [-0.2, 0) is 13.0 Å². The lowest BCUT2D eigenvalue weighted by atomic mass is 10.2. The molecular weight excluding hydrogens is 230 g/mol. The monoisotopic (exact) mass is 247 g/mol. The lowest BCUT2D eigenvalue weighted by molar-refractivity contribution is 0.319. The van der Waals surface area contributed by atoms with Crippen molar-refractivity contribution in [1.82, 2.24) is 5.32 Å². The second-order valence-electron chi connectivity index (χ2n) is 3.82. The molecule has 0 aliphatic rings. The molecule has 2 rings (SSSR count). The first-order chi connectivity index (χ1) is 8.40. The largest absolute Gasteiger partial charge is 0.493 e. The van der Waals surface area contributed by atoms with Crippen molar-refractivity contribution >= 4 is 11.3 Å². The van der Waals surface area contributed by atoms with Gasteiger partial charge >= 0.3 is 0 Å². The van der Waals surface area contributed by atoms with Crippen LogP contribution < -0.4 is 10.1 Å². The zero-order chi connectivity index (χ0) is 11.9. The fourth-order valence-electron chi connectivity index (χ4n) is 1.70. The highest BCUT2D eigenvalue weighted by Gasteiger charge is 2.02. The molecule has 1 N–H and O–H groups in total. The number of ether oxygens (including phenoxy) is 1. The van der Waals surface area contributed by atoms with Gasteiger partial charge in [-0.3, -0.25) is 0 Å². The molecule has 0 bridgehead atoms. The van der Waals surface area contributed by atoms with Crippen molar-refractivity contribution in [2.75, 3.05) is 13.7 Å². The van der Waals surface area contributed by atoms with Crippen LogP contribution in [0.15, 0.2) is 41.8 Å². The van der Waals surface area contributed by atoms with Gasteiger partial charge in [0, 0.05) is 23.4 Å². The van der Waals surface area contributed by atoms with Gasteiger partial charge in [-0.05, 0) is 24.6 Å². The van der Waals surface area contributed by atoms with Crippen LogP contribution in [0, 0.1) is 0 Å². The number of hydrogen-bond acceptors (Lipinski definition) is 3. The number of nitrogens with one attached hydrogen (secondary N) is 1. The maximum absolute atomic E-state index is 5.83. The molecule has 0 saturated heterocycles. The van der Waals surface area contributed by atoms with Crippen LogP contribution in [-0.4, -0.2) is 13.7 Å². The summed E-state index contributed by atoms with van der Waals surface area (Å²) < 4.78 is 5.83. The SMILES string of the molecule is CNCc1ccccc1OCCc1cccs1. The van der Waals surface area contributed by atoms with E-state index in [0.717, 1.165) is 25.3 Å². The summed E-state index contributed by atoms with van der Waals surface area (Å²) in [6.45, 7) is 1.58. The lowest BCUT2D eigenvalue weighted by Crippen LogP contribution is -2.08. The summed E-state index contributed by atoms with van der Waals surface area (Å²) in [5, 5.41) is 5.25. The highest BCUT2D eigenvalue weighted by molar-refractivity contribution is 7.09. The number of thiophene rings is 1. The molecule has 1 aromatic heterocycles. The Hall–Kier alpha value is -1.32. The van der Waals surface area contributed by atoms with E-state index < -0.39 is 0 Å². The minimum atomic E-state index is 0.737. The second kappa shape index (κ2) is 6.42. The van der Waals surface area contributed by atoms with Crippen LogP contribution in [0.25, 0.3) is 0 Å². The first-order valence-corrected chi connectivity index (χ1v) is 6.66. The van der Waals surface area contributed by atoms with Crippen LogP contribution in [0.5, 0.6) is 5.75 Å². The molecule has 90 valence electrons. The lowest BCUT2D eigenvalue weighted by Gasteiger charge is -2.10. The zero-order valence-electron chi connectivity index (χ0n) is 9.98. The predicted molar refractivity (Wildman–Crippen MR) is 72.7 cm³/mol. The van der Waals surface area contributed by atoms with Gasteiger partial charge in [-0.2, -0.15) is 0 Å².